The molecular formula is C17H23N3. The van der Waals surface area contributed by atoms with Crippen LogP contribution in [0, 0.1) is 6.92 Å². The summed E-state index contributed by atoms with van der Waals surface area (Å²) in [5.41, 5.74) is 3.63. The number of aryl methyl sites for hydroxylation is 1. The summed E-state index contributed by atoms with van der Waals surface area (Å²) < 4.78 is 0. The highest BCUT2D eigenvalue weighted by Gasteiger charge is 2.08. The molecule has 1 aromatic heterocycles. The zero-order valence-electron chi connectivity index (χ0n) is 12.8. The van der Waals surface area contributed by atoms with Crippen molar-refractivity contribution in [2.45, 2.75) is 40.0 Å². The van der Waals surface area contributed by atoms with E-state index >= 15 is 0 Å². The van der Waals surface area contributed by atoms with Crippen LogP contribution in [0.4, 0.5) is 5.82 Å². The van der Waals surface area contributed by atoms with Crippen molar-refractivity contribution in [3.05, 3.63) is 53.0 Å². The average Bonchev–Trinajstić information content (AvgIpc) is 2.38. The molecule has 3 nitrogen and oxygen atoms in total. The van der Waals surface area contributed by atoms with E-state index in [4.69, 9.17) is 0 Å². The first kappa shape index (κ1) is 14.5. The van der Waals surface area contributed by atoms with Crippen LogP contribution in [0.3, 0.4) is 0 Å². The van der Waals surface area contributed by atoms with E-state index in [2.05, 4.69) is 67.2 Å². The van der Waals surface area contributed by atoms with Gasteiger partial charge < -0.3 is 5.32 Å². The van der Waals surface area contributed by atoms with Crippen LogP contribution in [0.1, 0.15) is 49.3 Å². The Morgan fingerprint density at radius 1 is 1.15 bits per heavy atom. The Morgan fingerprint density at radius 3 is 2.60 bits per heavy atom. The van der Waals surface area contributed by atoms with Crippen molar-refractivity contribution in [2.75, 3.05) is 11.9 Å². The SMILES string of the molecule is CCNc1cc(C(C)C)nc(Cc2cccc(C)c2)n1. The van der Waals surface area contributed by atoms with Crippen molar-refractivity contribution >= 4 is 5.82 Å². The summed E-state index contributed by atoms with van der Waals surface area (Å²) in [6.07, 6.45) is 0.778. The third kappa shape index (κ3) is 3.80. The first-order valence-electron chi connectivity index (χ1n) is 7.25. The van der Waals surface area contributed by atoms with E-state index < -0.39 is 0 Å². The lowest BCUT2D eigenvalue weighted by atomic mass is 10.1. The first-order valence-corrected chi connectivity index (χ1v) is 7.25. The minimum atomic E-state index is 0.409. The molecule has 1 heterocycles. The molecule has 3 heteroatoms. The zero-order valence-corrected chi connectivity index (χ0v) is 12.8. The van der Waals surface area contributed by atoms with E-state index in [1.807, 2.05) is 6.07 Å². The Bertz CT molecular complexity index is 576. The molecule has 0 aliphatic heterocycles. The summed E-state index contributed by atoms with van der Waals surface area (Å²) in [6.45, 7) is 9.39. The molecule has 2 rings (SSSR count). The van der Waals surface area contributed by atoms with Gasteiger partial charge in [0.1, 0.15) is 11.6 Å². The van der Waals surface area contributed by atoms with Crippen molar-refractivity contribution in [2.24, 2.45) is 0 Å². The molecule has 20 heavy (non-hydrogen) atoms. The quantitative estimate of drug-likeness (QED) is 0.893. The highest BCUT2D eigenvalue weighted by Crippen LogP contribution is 2.17. The molecule has 0 bridgehead atoms. The van der Waals surface area contributed by atoms with Gasteiger partial charge in [0.15, 0.2) is 0 Å². The predicted octanol–water partition coefficient (Wildman–Crippen LogP) is 3.93. The van der Waals surface area contributed by atoms with E-state index in [0.29, 0.717) is 5.92 Å². The van der Waals surface area contributed by atoms with Gasteiger partial charge in [-0.15, -0.1) is 0 Å². The first-order chi connectivity index (χ1) is 9.58. The average molecular weight is 269 g/mol. The number of nitrogens with zero attached hydrogens (tertiary/aromatic N) is 2. The summed E-state index contributed by atoms with van der Waals surface area (Å²) in [7, 11) is 0. The van der Waals surface area contributed by atoms with Gasteiger partial charge in [0.2, 0.25) is 0 Å². The zero-order chi connectivity index (χ0) is 14.5. The van der Waals surface area contributed by atoms with Crippen LogP contribution in [-0.2, 0) is 6.42 Å². The van der Waals surface area contributed by atoms with Gasteiger partial charge in [-0.1, -0.05) is 43.7 Å². The van der Waals surface area contributed by atoms with E-state index in [1.54, 1.807) is 0 Å². The second kappa shape index (κ2) is 6.51. The maximum absolute atomic E-state index is 4.69. The number of anilines is 1. The van der Waals surface area contributed by atoms with Gasteiger partial charge in [0, 0.05) is 24.7 Å². The van der Waals surface area contributed by atoms with Gasteiger partial charge in [-0.25, -0.2) is 9.97 Å². The summed E-state index contributed by atoms with van der Waals surface area (Å²) in [5.74, 6) is 2.22. The van der Waals surface area contributed by atoms with E-state index in [9.17, 15) is 0 Å². The number of nitrogens with one attached hydrogen (secondary N) is 1. The Labute approximate surface area is 121 Å². The molecule has 0 atom stereocenters. The van der Waals surface area contributed by atoms with Gasteiger partial charge >= 0.3 is 0 Å². The standard InChI is InChI=1S/C17H23N3/c1-5-18-16-11-15(12(2)3)19-17(20-16)10-14-8-6-7-13(4)9-14/h6-9,11-12H,5,10H2,1-4H3,(H,18,19,20). The number of aromatic nitrogens is 2. The summed E-state index contributed by atoms with van der Waals surface area (Å²) in [5, 5.41) is 3.29. The molecule has 1 N–H and O–H groups in total. The van der Waals surface area contributed by atoms with Crippen LogP contribution in [0.15, 0.2) is 30.3 Å². The van der Waals surface area contributed by atoms with E-state index in [0.717, 1.165) is 30.3 Å². The predicted molar refractivity (Wildman–Crippen MR) is 84.3 cm³/mol. The normalized spacial score (nSPS) is 10.8. The monoisotopic (exact) mass is 269 g/mol. The second-order valence-electron chi connectivity index (χ2n) is 5.45. The van der Waals surface area contributed by atoms with Gasteiger partial charge in [0.05, 0.1) is 0 Å². The number of hydrogen-bond donors (Lipinski definition) is 1. The molecule has 0 aliphatic rings. The second-order valence-corrected chi connectivity index (χ2v) is 5.45. The molecule has 0 fully saturated rings. The van der Waals surface area contributed by atoms with Crippen LogP contribution in [0.2, 0.25) is 0 Å². The van der Waals surface area contributed by atoms with Gasteiger partial charge in [-0.3, -0.25) is 0 Å². The minimum absolute atomic E-state index is 0.409. The lowest BCUT2D eigenvalue weighted by molar-refractivity contribution is 0.792. The Kier molecular flexibility index (Phi) is 4.72. The fourth-order valence-electron chi connectivity index (χ4n) is 2.17. The highest BCUT2D eigenvalue weighted by atomic mass is 15.0. The third-order valence-corrected chi connectivity index (χ3v) is 3.19. The van der Waals surface area contributed by atoms with Crippen LogP contribution < -0.4 is 5.32 Å². The molecule has 0 radical (unpaired) electrons. The Hall–Kier alpha value is -1.90. The van der Waals surface area contributed by atoms with Crippen molar-refractivity contribution in [1.29, 1.82) is 0 Å². The van der Waals surface area contributed by atoms with Crippen LogP contribution in [0.25, 0.3) is 0 Å². The molecule has 0 amide bonds. The van der Waals surface area contributed by atoms with Crippen molar-refractivity contribution in [1.82, 2.24) is 9.97 Å². The topological polar surface area (TPSA) is 37.8 Å². The molecule has 106 valence electrons. The molecule has 1 aromatic carbocycles. The van der Waals surface area contributed by atoms with Crippen molar-refractivity contribution < 1.29 is 0 Å². The fraction of sp³-hybridized carbons (Fsp3) is 0.412. The number of benzene rings is 1. The fourth-order valence-corrected chi connectivity index (χ4v) is 2.17. The highest BCUT2D eigenvalue weighted by molar-refractivity contribution is 5.37. The summed E-state index contributed by atoms with van der Waals surface area (Å²) in [6, 6.07) is 10.6. The molecule has 0 unspecified atom stereocenters. The van der Waals surface area contributed by atoms with Gasteiger partial charge in [-0.2, -0.15) is 0 Å². The van der Waals surface area contributed by atoms with Gasteiger partial charge in [0.25, 0.3) is 0 Å². The number of hydrogen-bond acceptors (Lipinski definition) is 3. The van der Waals surface area contributed by atoms with Crippen LogP contribution in [-0.4, -0.2) is 16.5 Å². The lowest BCUT2D eigenvalue weighted by Gasteiger charge is -2.11. The molecular weight excluding hydrogens is 246 g/mol. The smallest absolute Gasteiger partial charge is 0.135 e. The molecule has 0 saturated carbocycles. The minimum Gasteiger partial charge on any atom is -0.370 e. The van der Waals surface area contributed by atoms with Crippen molar-refractivity contribution in [3.63, 3.8) is 0 Å². The Morgan fingerprint density at radius 2 is 1.95 bits per heavy atom. The summed E-state index contributed by atoms with van der Waals surface area (Å²) >= 11 is 0. The lowest BCUT2D eigenvalue weighted by Crippen LogP contribution is -2.07. The molecule has 0 spiro atoms. The van der Waals surface area contributed by atoms with Crippen LogP contribution in [0.5, 0.6) is 0 Å². The third-order valence-electron chi connectivity index (χ3n) is 3.19. The van der Waals surface area contributed by atoms with E-state index in [-0.39, 0.29) is 0 Å². The maximum Gasteiger partial charge on any atom is 0.135 e. The van der Waals surface area contributed by atoms with Crippen molar-refractivity contribution in [3.8, 4) is 0 Å². The summed E-state index contributed by atoms with van der Waals surface area (Å²) in [4.78, 5) is 9.30. The van der Waals surface area contributed by atoms with Crippen LogP contribution >= 0.6 is 0 Å². The molecule has 0 saturated heterocycles. The Balaban J connectivity index is 2.30. The molecule has 2 aromatic rings. The molecule has 0 aliphatic carbocycles. The number of rotatable bonds is 5. The van der Waals surface area contributed by atoms with Gasteiger partial charge in [-0.05, 0) is 25.3 Å². The van der Waals surface area contributed by atoms with E-state index in [1.165, 1.54) is 11.1 Å². The maximum atomic E-state index is 4.69. The largest absolute Gasteiger partial charge is 0.370 e.